The predicted molar refractivity (Wildman–Crippen MR) is 96.5 cm³/mol. The molecule has 2 aromatic carbocycles. The first-order valence-corrected chi connectivity index (χ1v) is 8.24. The number of nitrogens with zero attached hydrogens (tertiary/aromatic N) is 1. The van der Waals surface area contributed by atoms with Gasteiger partial charge in [0.15, 0.2) is 6.61 Å². The van der Waals surface area contributed by atoms with Crippen molar-refractivity contribution in [1.29, 1.82) is 0 Å². The van der Waals surface area contributed by atoms with E-state index < -0.39 is 0 Å². The van der Waals surface area contributed by atoms with Crippen molar-refractivity contribution in [3.63, 3.8) is 0 Å². The molecule has 5 nitrogen and oxygen atoms in total. The molecule has 1 amide bonds. The molecule has 0 unspecified atom stereocenters. The van der Waals surface area contributed by atoms with Crippen LogP contribution in [0.2, 0.25) is 0 Å². The van der Waals surface area contributed by atoms with Crippen LogP contribution in [0, 0.1) is 6.92 Å². The zero-order chi connectivity index (χ0) is 16.8. The molecule has 0 saturated carbocycles. The number of carbonyl (C=O) groups is 1. The molecule has 0 aliphatic heterocycles. The van der Waals surface area contributed by atoms with E-state index in [9.17, 15) is 4.79 Å². The number of carbonyl (C=O) groups excluding carboxylic acids is 1. The molecule has 0 atom stereocenters. The first-order chi connectivity index (χ1) is 11.0. The van der Waals surface area contributed by atoms with Gasteiger partial charge in [-0.05, 0) is 46.6 Å². The van der Waals surface area contributed by atoms with Crippen LogP contribution in [0.25, 0.3) is 0 Å². The molecule has 2 rings (SSSR count). The van der Waals surface area contributed by atoms with Gasteiger partial charge in [-0.25, -0.2) is 0 Å². The van der Waals surface area contributed by atoms with E-state index in [1.54, 1.807) is 12.1 Å². The van der Waals surface area contributed by atoms with Gasteiger partial charge in [-0.2, -0.15) is 0 Å². The summed E-state index contributed by atoms with van der Waals surface area (Å²) in [6.07, 6.45) is 1.24. The van der Waals surface area contributed by atoms with Crippen molar-refractivity contribution >= 4 is 49.7 Å². The van der Waals surface area contributed by atoms with Gasteiger partial charge in [0, 0.05) is 15.7 Å². The molecule has 0 saturated heterocycles. The highest BCUT2D eigenvalue weighted by atomic mass is 79.9. The largest absolute Gasteiger partial charge is 0.482 e. The van der Waals surface area contributed by atoms with Crippen molar-refractivity contribution in [2.75, 3.05) is 11.9 Å². The first-order valence-electron chi connectivity index (χ1n) is 6.66. The minimum atomic E-state index is -0.277. The molecular formula is C16H14Br2N2O3. The summed E-state index contributed by atoms with van der Waals surface area (Å²) in [6, 6.07) is 11.0. The van der Waals surface area contributed by atoms with Crippen molar-refractivity contribution in [2.24, 2.45) is 5.16 Å². The molecule has 2 N–H and O–H groups in total. The van der Waals surface area contributed by atoms with Gasteiger partial charge in [0.2, 0.25) is 0 Å². The topological polar surface area (TPSA) is 70.9 Å². The average Bonchev–Trinajstić information content (AvgIpc) is 2.49. The Labute approximate surface area is 150 Å². The van der Waals surface area contributed by atoms with Crippen LogP contribution in [0.3, 0.4) is 0 Å². The van der Waals surface area contributed by atoms with Crippen molar-refractivity contribution in [3.05, 3.63) is 56.5 Å². The second kappa shape index (κ2) is 8.12. The van der Waals surface area contributed by atoms with Crippen LogP contribution in [0.4, 0.5) is 5.69 Å². The maximum atomic E-state index is 12.0. The number of amides is 1. The molecule has 2 aromatic rings. The number of benzene rings is 2. The Bertz CT molecular complexity index is 748. The number of nitrogens with one attached hydrogen (secondary N) is 1. The number of anilines is 1. The van der Waals surface area contributed by atoms with E-state index >= 15 is 0 Å². The second-order valence-corrected chi connectivity index (χ2v) is 6.47. The minimum Gasteiger partial charge on any atom is -0.482 e. The zero-order valence-corrected chi connectivity index (χ0v) is 15.4. The molecule has 0 bridgehead atoms. The number of hydrogen-bond acceptors (Lipinski definition) is 4. The minimum absolute atomic E-state index is 0.166. The summed E-state index contributed by atoms with van der Waals surface area (Å²) in [6.45, 7) is 1.75. The highest BCUT2D eigenvalue weighted by molar-refractivity contribution is 9.11. The normalized spacial score (nSPS) is 10.7. The quantitative estimate of drug-likeness (QED) is 0.411. The molecule has 120 valence electrons. The second-order valence-electron chi connectivity index (χ2n) is 4.70. The SMILES string of the molecule is Cc1ccccc1NC(=O)COc1c(Br)cc(Br)cc1/C=N/O. The van der Waals surface area contributed by atoms with E-state index in [-0.39, 0.29) is 12.5 Å². The van der Waals surface area contributed by atoms with Crippen LogP contribution in [0.5, 0.6) is 5.75 Å². The molecule has 0 aliphatic rings. The Morgan fingerprint density at radius 1 is 1.35 bits per heavy atom. The summed E-state index contributed by atoms with van der Waals surface area (Å²) in [5.41, 5.74) is 2.25. The summed E-state index contributed by atoms with van der Waals surface area (Å²) in [5, 5.41) is 14.5. The highest BCUT2D eigenvalue weighted by Gasteiger charge is 2.12. The summed E-state index contributed by atoms with van der Waals surface area (Å²) in [4.78, 5) is 12.0. The van der Waals surface area contributed by atoms with Crippen LogP contribution in [0.1, 0.15) is 11.1 Å². The van der Waals surface area contributed by atoms with E-state index in [1.165, 1.54) is 6.21 Å². The van der Waals surface area contributed by atoms with Gasteiger partial charge in [0.25, 0.3) is 5.91 Å². The van der Waals surface area contributed by atoms with Crippen molar-refractivity contribution < 1.29 is 14.7 Å². The van der Waals surface area contributed by atoms with E-state index in [4.69, 9.17) is 9.94 Å². The lowest BCUT2D eigenvalue weighted by Gasteiger charge is -2.12. The van der Waals surface area contributed by atoms with E-state index in [0.29, 0.717) is 15.8 Å². The molecule has 0 fully saturated rings. The molecule has 0 radical (unpaired) electrons. The predicted octanol–water partition coefficient (Wildman–Crippen LogP) is 4.35. The number of hydrogen-bond donors (Lipinski definition) is 2. The van der Waals surface area contributed by atoms with Crippen LogP contribution in [-0.2, 0) is 4.79 Å². The molecule has 0 spiro atoms. The summed E-state index contributed by atoms with van der Waals surface area (Å²) >= 11 is 6.71. The summed E-state index contributed by atoms with van der Waals surface area (Å²) < 4.78 is 7.00. The fraction of sp³-hybridized carbons (Fsp3) is 0.125. The van der Waals surface area contributed by atoms with Crippen molar-refractivity contribution in [3.8, 4) is 5.75 Å². The van der Waals surface area contributed by atoms with Crippen LogP contribution in [0.15, 0.2) is 50.5 Å². The summed E-state index contributed by atoms with van der Waals surface area (Å²) in [7, 11) is 0. The van der Waals surface area contributed by atoms with Crippen molar-refractivity contribution in [1.82, 2.24) is 0 Å². The number of para-hydroxylation sites is 1. The Balaban J connectivity index is 2.09. The fourth-order valence-electron chi connectivity index (χ4n) is 1.93. The molecule has 7 heteroatoms. The Hall–Kier alpha value is -1.86. The molecule has 0 aliphatic carbocycles. The first kappa shape index (κ1) is 17.5. The van der Waals surface area contributed by atoms with Gasteiger partial charge in [-0.15, -0.1) is 0 Å². The lowest BCUT2D eigenvalue weighted by molar-refractivity contribution is -0.118. The lowest BCUT2D eigenvalue weighted by Crippen LogP contribution is -2.21. The van der Waals surface area contributed by atoms with E-state index in [0.717, 1.165) is 15.7 Å². The standard InChI is InChI=1S/C16H14Br2N2O3/c1-10-4-2-3-5-14(10)20-15(21)9-23-16-11(8-19-22)6-12(17)7-13(16)18/h2-8,22H,9H2,1H3,(H,20,21)/b19-8+. The van der Waals surface area contributed by atoms with Crippen LogP contribution >= 0.6 is 31.9 Å². The number of halogens is 2. The van der Waals surface area contributed by atoms with Gasteiger partial charge >= 0.3 is 0 Å². The number of ether oxygens (including phenoxy) is 1. The third-order valence-electron chi connectivity index (χ3n) is 3.00. The van der Waals surface area contributed by atoms with Gasteiger partial charge < -0.3 is 15.3 Å². The monoisotopic (exact) mass is 440 g/mol. The molecular weight excluding hydrogens is 428 g/mol. The Morgan fingerprint density at radius 2 is 2.09 bits per heavy atom. The highest BCUT2D eigenvalue weighted by Crippen LogP contribution is 2.32. The van der Waals surface area contributed by atoms with Crippen molar-refractivity contribution in [2.45, 2.75) is 6.92 Å². The third kappa shape index (κ3) is 4.80. The van der Waals surface area contributed by atoms with Gasteiger partial charge in [-0.3, -0.25) is 4.79 Å². The van der Waals surface area contributed by atoms with Crippen LogP contribution < -0.4 is 10.1 Å². The number of oxime groups is 1. The molecule has 23 heavy (non-hydrogen) atoms. The number of rotatable bonds is 5. The number of aryl methyl sites for hydroxylation is 1. The van der Waals surface area contributed by atoms with E-state index in [2.05, 4.69) is 42.3 Å². The average molecular weight is 442 g/mol. The fourth-order valence-corrected chi connectivity index (χ4v) is 3.30. The van der Waals surface area contributed by atoms with Gasteiger partial charge in [0.1, 0.15) is 5.75 Å². The molecule has 0 heterocycles. The van der Waals surface area contributed by atoms with E-state index in [1.807, 2.05) is 31.2 Å². The maximum Gasteiger partial charge on any atom is 0.262 e. The zero-order valence-electron chi connectivity index (χ0n) is 12.2. The van der Waals surface area contributed by atoms with Crippen LogP contribution in [-0.4, -0.2) is 23.9 Å². The maximum absolute atomic E-state index is 12.0. The van der Waals surface area contributed by atoms with Gasteiger partial charge in [-0.1, -0.05) is 39.3 Å². The van der Waals surface area contributed by atoms with Gasteiger partial charge in [0.05, 0.1) is 10.7 Å². The smallest absolute Gasteiger partial charge is 0.262 e. The Morgan fingerprint density at radius 3 is 2.78 bits per heavy atom. The lowest BCUT2D eigenvalue weighted by atomic mass is 10.2. The Kier molecular flexibility index (Phi) is 6.18. The molecule has 0 aromatic heterocycles. The summed E-state index contributed by atoms with van der Waals surface area (Å²) in [5.74, 6) is 0.145. The third-order valence-corrected chi connectivity index (χ3v) is 4.05.